The number of nitrogen functional groups attached to an aromatic ring is 1. The Bertz CT molecular complexity index is 750. The van der Waals surface area contributed by atoms with Crippen LogP contribution >= 0.6 is 11.5 Å². The summed E-state index contributed by atoms with van der Waals surface area (Å²) < 4.78 is 9.86. The third kappa shape index (κ3) is 2.38. The summed E-state index contributed by atoms with van der Waals surface area (Å²) in [6, 6.07) is 0. The number of nitrogens with zero attached hydrogens (tertiary/aromatic N) is 4. The fourth-order valence-electron chi connectivity index (χ4n) is 3.52. The molecule has 23 heavy (non-hydrogen) atoms. The Labute approximate surface area is 140 Å². The minimum Gasteiger partial charge on any atom is -0.382 e. The van der Waals surface area contributed by atoms with Crippen LogP contribution in [0.2, 0.25) is 0 Å². The zero-order valence-electron chi connectivity index (χ0n) is 13.9. The molecule has 1 saturated heterocycles. The number of morpholine rings is 1. The average molecular weight is 333 g/mol. The topological polar surface area (TPSA) is 67.5 Å². The highest BCUT2D eigenvalue weighted by Gasteiger charge is 2.35. The number of likely N-dealkylation sites (N-methyl/N-ethyl adjacent to an activating group) is 1. The molecular weight excluding hydrogens is 310 g/mol. The van der Waals surface area contributed by atoms with Crippen molar-refractivity contribution in [3.8, 4) is 0 Å². The lowest BCUT2D eigenvalue weighted by Crippen LogP contribution is -2.47. The van der Waals surface area contributed by atoms with Crippen LogP contribution in [0.15, 0.2) is 0 Å². The van der Waals surface area contributed by atoms with Crippen LogP contribution in [0.5, 0.6) is 0 Å². The van der Waals surface area contributed by atoms with Crippen LogP contribution in [0.25, 0.3) is 10.2 Å². The van der Waals surface area contributed by atoms with Crippen molar-refractivity contribution in [2.75, 3.05) is 44.0 Å². The lowest BCUT2D eigenvalue weighted by Gasteiger charge is -2.42. The molecule has 4 heterocycles. The fourth-order valence-corrected chi connectivity index (χ4v) is 4.24. The third-order valence-electron chi connectivity index (χ3n) is 5.19. The summed E-state index contributed by atoms with van der Waals surface area (Å²) in [6.45, 7) is 8.78. The number of nitrogens with two attached hydrogens (primary N) is 1. The van der Waals surface area contributed by atoms with Crippen LogP contribution in [0.4, 0.5) is 11.6 Å². The Morgan fingerprint density at radius 2 is 1.96 bits per heavy atom. The first-order chi connectivity index (χ1) is 11.0. The van der Waals surface area contributed by atoms with Gasteiger partial charge in [0.1, 0.15) is 16.5 Å². The number of pyridine rings is 1. The zero-order chi connectivity index (χ0) is 16.2. The Morgan fingerprint density at radius 1 is 1.22 bits per heavy atom. The molecule has 0 aromatic carbocycles. The number of aromatic nitrogens is 2. The summed E-state index contributed by atoms with van der Waals surface area (Å²) in [5.74, 6) is 1.73. The first-order valence-electron chi connectivity index (χ1n) is 8.08. The van der Waals surface area contributed by atoms with Crippen LogP contribution in [0, 0.1) is 0 Å². The van der Waals surface area contributed by atoms with Gasteiger partial charge in [-0.3, -0.25) is 4.90 Å². The van der Waals surface area contributed by atoms with E-state index in [4.69, 9.17) is 15.5 Å². The summed E-state index contributed by atoms with van der Waals surface area (Å²) in [5, 5.41) is 1.07. The molecule has 2 aliphatic rings. The number of ether oxygens (including phenoxy) is 1. The first-order valence-corrected chi connectivity index (χ1v) is 8.85. The number of fused-ring (bicyclic) bond motifs is 3. The second-order valence-corrected chi connectivity index (χ2v) is 7.84. The molecule has 6 nitrogen and oxygen atoms in total. The van der Waals surface area contributed by atoms with Crippen molar-refractivity contribution in [3.63, 3.8) is 0 Å². The predicted molar refractivity (Wildman–Crippen MR) is 94.1 cm³/mol. The van der Waals surface area contributed by atoms with Gasteiger partial charge in [-0.05, 0) is 44.4 Å². The minimum atomic E-state index is 0.109. The van der Waals surface area contributed by atoms with E-state index in [9.17, 15) is 0 Å². The molecule has 0 radical (unpaired) electrons. The maximum atomic E-state index is 6.16. The van der Waals surface area contributed by atoms with Crippen molar-refractivity contribution in [3.05, 3.63) is 11.1 Å². The molecular formula is C16H23N5OS. The van der Waals surface area contributed by atoms with Gasteiger partial charge in [-0.2, -0.15) is 4.37 Å². The number of hydrogen-bond donors (Lipinski definition) is 1. The highest BCUT2D eigenvalue weighted by Crippen LogP contribution is 2.41. The first kappa shape index (κ1) is 15.1. The Balaban J connectivity index is 1.93. The average Bonchev–Trinajstić information content (AvgIpc) is 2.90. The second-order valence-electron chi connectivity index (χ2n) is 7.09. The van der Waals surface area contributed by atoms with Crippen molar-refractivity contribution >= 4 is 33.4 Å². The number of anilines is 2. The molecule has 1 fully saturated rings. The summed E-state index contributed by atoms with van der Waals surface area (Å²) >= 11 is 1.41. The van der Waals surface area contributed by atoms with Crippen molar-refractivity contribution < 1.29 is 4.74 Å². The maximum absolute atomic E-state index is 6.16. The van der Waals surface area contributed by atoms with Crippen LogP contribution in [0.1, 0.15) is 25.0 Å². The van der Waals surface area contributed by atoms with Crippen molar-refractivity contribution in [1.29, 1.82) is 0 Å². The van der Waals surface area contributed by atoms with Gasteiger partial charge >= 0.3 is 0 Å². The zero-order valence-corrected chi connectivity index (χ0v) is 14.7. The molecule has 0 bridgehead atoms. The van der Waals surface area contributed by atoms with Gasteiger partial charge in [0.05, 0.1) is 18.6 Å². The standard InChI is InChI=1S/C16H23N5OS/c1-16(2)8-10-11(9-20(16)3)14(21-4-6-22-7-5-21)18-15-12(10)13(17)19-23-15/h4-9H2,1-3H3,(H2,17,19). The molecule has 0 spiro atoms. The highest BCUT2D eigenvalue weighted by atomic mass is 32.1. The normalized spacial score (nSPS) is 21.6. The molecule has 0 aliphatic carbocycles. The fraction of sp³-hybridized carbons (Fsp3) is 0.625. The Kier molecular flexibility index (Phi) is 3.48. The Morgan fingerprint density at radius 3 is 2.70 bits per heavy atom. The van der Waals surface area contributed by atoms with Crippen molar-refractivity contribution in [1.82, 2.24) is 14.3 Å². The van der Waals surface area contributed by atoms with Crippen LogP contribution < -0.4 is 10.6 Å². The smallest absolute Gasteiger partial charge is 0.148 e. The molecule has 2 aromatic rings. The van der Waals surface area contributed by atoms with Gasteiger partial charge in [-0.15, -0.1) is 0 Å². The molecule has 0 unspecified atom stereocenters. The Hall–Kier alpha value is -1.44. The van der Waals surface area contributed by atoms with E-state index in [1.165, 1.54) is 22.7 Å². The molecule has 7 heteroatoms. The van der Waals surface area contributed by atoms with Gasteiger partial charge in [-0.25, -0.2) is 4.98 Å². The van der Waals surface area contributed by atoms with E-state index in [0.717, 1.165) is 55.3 Å². The monoisotopic (exact) mass is 333 g/mol. The number of hydrogen-bond acceptors (Lipinski definition) is 7. The summed E-state index contributed by atoms with van der Waals surface area (Å²) in [4.78, 5) is 10.7. The quantitative estimate of drug-likeness (QED) is 0.859. The van der Waals surface area contributed by atoms with E-state index in [-0.39, 0.29) is 5.54 Å². The van der Waals surface area contributed by atoms with E-state index < -0.39 is 0 Å². The molecule has 0 atom stereocenters. The van der Waals surface area contributed by atoms with E-state index in [0.29, 0.717) is 5.82 Å². The molecule has 0 saturated carbocycles. The molecule has 124 valence electrons. The minimum absolute atomic E-state index is 0.109. The lowest BCUT2D eigenvalue weighted by atomic mass is 9.85. The summed E-state index contributed by atoms with van der Waals surface area (Å²) in [5.41, 5.74) is 8.93. The summed E-state index contributed by atoms with van der Waals surface area (Å²) in [6.07, 6.45) is 0.970. The van der Waals surface area contributed by atoms with Crippen molar-refractivity contribution in [2.24, 2.45) is 0 Å². The van der Waals surface area contributed by atoms with Gasteiger partial charge in [-0.1, -0.05) is 0 Å². The third-order valence-corrected chi connectivity index (χ3v) is 5.95. The molecule has 2 N–H and O–H groups in total. The van der Waals surface area contributed by atoms with Crippen molar-refractivity contribution in [2.45, 2.75) is 32.4 Å². The summed E-state index contributed by atoms with van der Waals surface area (Å²) in [7, 11) is 2.19. The number of rotatable bonds is 1. The van der Waals surface area contributed by atoms with Crippen LogP contribution in [-0.4, -0.2) is 53.1 Å². The molecule has 0 amide bonds. The SMILES string of the molecule is CN1Cc2c(N3CCOCC3)nc3snc(N)c3c2CC1(C)C. The van der Waals surface area contributed by atoms with E-state index in [1.54, 1.807) is 0 Å². The molecule has 2 aromatic heterocycles. The maximum Gasteiger partial charge on any atom is 0.148 e. The molecule has 4 rings (SSSR count). The second kappa shape index (κ2) is 5.29. The van der Waals surface area contributed by atoms with Crippen LogP contribution in [-0.2, 0) is 17.7 Å². The van der Waals surface area contributed by atoms with Gasteiger partial charge in [0.15, 0.2) is 0 Å². The lowest BCUT2D eigenvalue weighted by molar-refractivity contribution is 0.120. The van der Waals surface area contributed by atoms with Gasteiger partial charge < -0.3 is 15.4 Å². The van der Waals surface area contributed by atoms with Gasteiger partial charge in [0.2, 0.25) is 0 Å². The molecule has 2 aliphatic heterocycles. The van der Waals surface area contributed by atoms with E-state index in [1.807, 2.05) is 0 Å². The largest absolute Gasteiger partial charge is 0.382 e. The predicted octanol–water partition coefficient (Wildman–Crippen LogP) is 1.88. The highest BCUT2D eigenvalue weighted by molar-refractivity contribution is 7.13. The van der Waals surface area contributed by atoms with E-state index in [2.05, 4.69) is 35.1 Å². The van der Waals surface area contributed by atoms with Gasteiger partial charge in [0.25, 0.3) is 0 Å². The van der Waals surface area contributed by atoms with E-state index >= 15 is 0 Å². The van der Waals surface area contributed by atoms with Crippen LogP contribution in [0.3, 0.4) is 0 Å². The van der Waals surface area contributed by atoms with Gasteiger partial charge in [0, 0.05) is 30.7 Å².